The van der Waals surface area contributed by atoms with Crippen LogP contribution in [0.5, 0.6) is 0 Å². The van der Waals surface area contributed by atoms with Crippen molar-refractivity contribution in [1.82, 2.24) is 15.0 Å². The minimum absolute atomic E-state index is 0.397. The maximum Gasteiger partial charge on any atom is 0.113 e. The van der Waals surface area contributed by atoms with E-state index in [-0.39, 0.29) is 0 Å². The van der Waals surface area contributed by atoms with Gasteiger partial charge in [-0.2, -0.15) is 4.80 Å². The molecule has 0 aliphatic heterocycles. The second-order valence-electron chi connectivity index (χ2n) is 4.17. The van der Waals surface area contributed by atoms with Crippen molar-refractivity contribution in [2.75, 3.05) is 0 Å². The number of allylic oxidation sites excluding steroid dienone is 6. The Morgan fingerprint density at radius 2 is 1.76 bits per heavy atom. The first-order valence-electron chi connectivity index (χ1n) is 5.72. The molecular formula is C14H13N3. The minimum Gasteiger partial charge on any atom is -0.151 e. The monoisotopic (exact) mass is 223 g/mol. The molecule has 0 spiro atoms. The molecule has 84 valence electrons. The average molecular weight is 223 g/mol. The van der Waals surface area contributed by atoms with E-state index in [9.17, 15) is 0 Å². The van der Waals surface area contributed by atoms with Crippen LogP contribution in [-0.4, -0.2) is 15.0 Å². The predicted molar refractivity (Wildman–Crippen MR) is 69.2 cm³/mol. The molecule has 3 heteroatoms. The molecule has 0 amide bonds. The molecule has 0 radical (unpaired) electrons. The summed E-state index contributed by atoms with van der Waals surface area (Å²) in [5, 5.41) is 8.94. The highest BCUT2D eigenvalue weighted by molar-refractivity contribution is 5.74. The van der Waals surface area contributed by atoms with Gasteiger partial charge in [-0.25, -0.2) is 0 Å². The third kappa shape index (κ3) is 1.91. The standard InChI is InChI=1S/C14H13N3/c1-11-6-2-3-7-12(10-11)17-15-13-8-4-5-9-14(13)16-17/h2-11H,1H3. The first-order valence-corrected chi connectivity index (χ1v) is 5.72. The highest BCUT2D eigenvalue weighted by Gasteiger charge is 2.06. The van der Waals surface area contributed by atoms with Crippen LogP contribution in [0.1, 0.15) is 6.92 Å². The van der Waals surface area contributed by atoms with Gasteiger partial charge in [-0.1, -0.05) is 43.4 Å². The van der Waals surface area contributed by atoms with E-state index < -0.39 is 0 Å². The molecule has 0 saturated carbocycles. The Hall–Kier alpha value is -2.16. The molecule has 0 fully saturated rings. The summed E-state index contributed by atoms with van der Waals surface area (Å²) in [5.41, 5.74) is 2.86. The summed E-state index contributed by atoms with van der Waals surface area (Å²) in [6, 6.07) is 7.90. The molecule has 2 aromatic rings. The predicted octanol–water partition coefficient (Wildman–Crippen LogP) is 3.03. The van der Waals surface area contributed by atoms with Crippen LogP contribution in [0.3, 0.4) is 0 Å². The first-order chi connectivity index (χ1) is 8.33. The Balaban J connectivity index is 2.09. The fourth-order valence-electron chi connectivity index (χ4n) is 1.88. The van der Waals surface area contributed by atoms with Gasteiger partial charge >= 0.3 is 0 Å². The highest BCUT2D eigenvalue weighted by Crippen LogP contribution is 2.16. The maximum atomic E-state index is 4.47. The van der Waals surface area contributed by atoms with Crippen molar-refractivity contribution in [2.24, 2.45) is 5.92 Å². The van der Waals surface area contributed by atoms with E-state index in [1.54, 1.807) is 4.80 Å². The molecule has 1 unspecified atom stereocenters. The molecule has 1 atom stereocenters. The van der Waals surface area contributed by atoms with E-state index in [1.807, 2.05) is 36.4 Å². The van der Waals surface area contributed by atoms with E-state index in [1.165, 1.54) is 0 Å². The van der Waals surface area contributed by atoms with Crippen LogP contribution in [-0.2, 0) is 0 Å². The summed E-state index contributed by atoms with van der Waals surface area (Å²) >= 11 is 0. The van der Waals surface area contributed by atoms with Gasteiger partial charge in [0, 0.05) is 0 Å². The number of aromatic nitrogens is 3. The van der Waals surface area contributed by atoms with Crippen molar-refractivity contribution >= 4 is 16.7 Å². The molecular weight excluding hydrogens is 210 g/mol. The normalized spacial score (nSPS) is 19.4. The van der Waals surface area contributed by atoms with Crippen molar-refractivity contribution in [3.63, 3.8) is 0 Å². The second kappa shape index (κ2) is 4.01. The van der Waals surface area contributed by atoms with Gasteiger partial charge in [0.2, 0.25) is 0 Å². The molecule has 3 nitrogen and oxygen atoms in total. The fraction of sp³-hybridized carbons (Fsp3) is 0.143. The van der Waals surface area contributed by atoms with Gasteiger partial charge < -0.3 is 0 Å². The zero-order valence-corrected chi connectivity index (χ0v) is 9.62. The van der Waals surface area contributed by atoms with Crippen molar-refractivity contribution in [1.29, 1.82) is 0 Å². The first kappa shape index (κ1) is 10.0. The largest absolute Gasteiger partial charge is 0.151 e. The lowest BCUT2D eigenvalue weighted by molar-refractivity contribution is 0.781. The molecule has 1 heterocycles. The number of hydrogen-bond acceptors (Lipinski definition) is 2. The quantitative estimate of drug-likeness (QED) is 0.744. The van der Waals surface area contributed by atoms with E-state index in [4.69, 9.17) is 0 Å². The third-order valence-corrected chi connectivity index (χ3v) is 2.74. The molecule has 1 aromatic carbocycles. The number of hydrogen-bond donors (Lipinski definition) is 0. The summed E-state index contributed by atoms with van der Waals surface area (Å²) in [5.74, 6) is 0.397. The van der Waals surface area contributed by atoms with E-state index in [0.29, 0.717) is 5.92 Å². The van der Waals surface area contributed by atoms with Gasteiger partial charge in [-0.15, -0.1) is 10.2 Å². The summed E-state index contributed by atoms with van der Waals surface area (Å²) < 4.78 is 0. The summed E-state index contributed by atoms with van der Waals surface area (Å²) in [7, 11) is 0. The number of nitrogens with zero attached hydrogens (tertiary/aromatic N) is 3. The number of fused-ring (bicyclic) bond motifs is 1. The number of rotatable bonds is 1. The maximum absolute atomic E-state index is 4.47. The second-order valence-corrected chi connectivity index (χ2v) is 4.17. The fourth-order valence-corrected chi connectivity index (χ4v) is 1.88. The Kier molecular flexibility index (Phi) is 2.37. The molecule has 0 bridgehead atoms. The van der Waals surface area contributed by atoms with Gasteiger partial charge in [0.1, 0.15) is 11.0 Å². The molecule has 3 rings (SSSR count). The average Bonchev–Trinajstić information content (AvgIpc) is 2.65. The topological polar surface area (TPSA) is 30.7 Å². The molecule has 0 saturated heterocycles. The molecule has 17 heavy (non-hydrogen) atoms. The Morgan fingerprint density at radius 3 is 2.47 bits per heavy atom. The van der Waals surface area contributed by atoms with E-state index >= 15 is 0 Å². The smallest absolute Gasteiger partial charge is 0.113 e. The number of benzene rings is 1. The SMILES string of the molecule is CC1C=CC=CC(n2nc3ccccc3n2)=C1. The van der Waals surface area contributed by atoms with Gasteiger partial charge in [0.05, 0.1) is 5.70 Å². The third-order valence-electron chi connectivity index (χ3n) is 2.74. The Labute approximate surface area is 99.8 Å². The van der Waals surface area contributed by atoms with Gasteiger partial charge in [-0.05, 0) is 24.1 Å². The summed E-state index contributed by atoms with van der Waals surface area (Å²) in [6.45, 7) is 2.15. The lowest BCUT2D eigenvalue weighted by Crippen LogP contribution is -2.00. The van der Waals surface area contributed by atoms with E-state index in [0.717, 1.165) is 16.7 Å². The highest BCUT2D eigenvalue weighted by atomic mass is 15.5. The van der Waals surface area contributed by atoms with Gasteiger partial charge in [0.15, 0.2) is 0 Å². The lowest BCUT2D eigenvalue weighted by Gasteiger charge is -2.01. The Morgan fingerprint density at radius 1 is 1.06 bits per heavy atom. The molecule has 1 aliphatic carbocycles. The van der Waals surface area contributed by atoms with Crippen LogP contribution in [0.2, 0.25) is 0 Å². The lowest BCUT2D eigenvalue weighted by atomic mass is 10.1. The van der Waals surface area contributed by atoms with Gasteiger partial charge in [0.25, 0.3) is 0 Å². The van der Waals surface area contributed by atoms with Crippen molar-refractivity contribution in [3.8, 4) is 0 Å². The van der Waals surface area contributed by atoms with Crippen LogP contribution in [0.4, 0.5) is 0 Å². The van der Waals surface area contributed by atoms with Crippen LogP contribution >= 0.6 is 0 Å². The van der Waals surface area contributed by atoms with Crippen LogP contribution in [0.15, 0.2) is 54.6 Å². The summed E-state index contributed by atoms with van der Waals surface area (Å²) in [4.78, 5) is 1.70. The van der Waals surface area contributed by atoms with Crippen molar-refractivity contribution in [2.45, 2.75) is 6.92 Å². The summed E-state index contributed by atoms with van der Waals surface area (Å²) in [6.07, 6.45) is 10.4. The minimum atomic E-state index is 0.397. The van der Waals surface area contributed by atoms with Crippen LogP contribution in [0, 0.1) is 5.92 Å². The van der Waals surface area contributed by atoms with Crippen molar-refractivity contribution in [3.05, 3.63) is 54.6 Å². The van der Waals surface area contributed by atoms with E-state index in [2.05, 4.69) is 35.3 Å². The van der Waals surface area contributed by atoms with Gasteiger partial charge in [-0.3, -0.25) is 0 Å². The molecule has 1 aromatic heterocycles. The van der Waals surface area contributed by atoms with Crippen LogP contribution in [0.25, 0.3) is 16.7 Å². The Bertz CT molecular complexity index is 599. The zero-order valence-electron chi connectivity index (χ0n) is 9.62. The van der Waals surface area contributed by atoms with Crippen molar-refractivity contribution < 1.29 is 0 Å². The molecule has 1 aliphatic rings. The van der Waals surface area contributed by atoms with Crippen LogP contribution < -0.4 is 0 Å². The zero-order chi connectivity index (χ0) is 11.7. The molecule has 0 N–H and O–H groups in total.